The number of hydrogen-bond donors (Lipinski definition) is 2. The van der Waals surface area contributed by atoms with Crippen LogP contribution >= 0.6 is 23.7 Å². The number of aromatic nitrogens is 2. The Morgan fingerprint density at radius 1 is 1.42 bits per heavy atom. The number of unbranched alkanes of at least 4 members (excludes halogenated alkanes) is 1. The number of nitrogens with zero attached hydrogens (tertiary/aromatic N) is 2. The predicted molar refractivity (Wildman–Crippen MR) is 81.8 cm³/mol. The van der Waals surface area contributed by atoms with Crippen molar-refractivity contribution < 1.29 is 4.79 Å². The lowest BCUT2D eigenvalue weighted by Crippen LogP contribution is -2.36. The summed E-state index contributed by atoms with van der Waals surface area (Å²) in [5, 5.41) is 12.2. The Kier molecular flexibility index (Phi) is 8.88. The van der Waals surface area contributed by atoms with Gasteiger partial charge in [-0.15, -0.1) is 22.6 Å². The van der Waals surface area contributed by atoms with Crippen LogP contribution in [0.3, 0.4) is 0 Å². The van der Waals surface area contributed by atoms with Gasteiger partial charge in [0.2, 0.25) is 11.0 Å². The molecule has 0 spiro atoms. The molecule has 1 heterocycles. The molecule has 5 nitrogen and oxygen atoms in total. The summed E-state index contributed by atoms with van der Waals surface area (Å²) in [7, 11) is 0. The van der Waals surface area contributed by atoms with Crippen molar-refractivity contribution >= 4 is 34.8 Å². The lowest BCUT2D eigenvalue weighted by Gasteiger charge is -2.12. The van der Waals surface area contributed by atoms with Crippen molar-refractivity contribution in [3.63, 3.8) is 0 Å². The van der Waals surface area contributed by atoms with E-state index in [4.69, 9.17) is 5.73 Å². The molecule has 0 aromatic carbocycles. The fourth-order valence-electron chi connectivity index (χ4n) is 1.55. The number of aryl methyl sites for hydroxylation is 1. The van der Waals surface area contributed by atoms with Crippen LogP contribution in [0, 0.1) is 5.92 Å². The van der Waals surface area contributed by atoms with E-state index in [9.17, 15) is 4.79 Å². The first-order valence-electron chi connectivity index (χ1n) is 6.41. The Hall–Kier alpha value is -0.720. The van der Waals surface area contributed by atoms with E-state index in [1.165, 1.54) is 11.3 Å². The summed E-state index contributed by atoms with van der Waals surface area (Å²) in [4.78, 5) is 11.8. The maximum atomic E-state index is 11.8. The van der Waals surface area contributed by atoms with Gasteiger partial charge in [0, 0.05) is 6.42 Å². The molecule has 1 amide bonds. The molecule has 110 valence electrons. The van der Waals surface area contributed by atoms with Gasteiger partial charge in [0.05, 0.1) is 6.04 Å². The molecule has 0 unspecified atom stereocenters. The van der Waals surface area contributed by atoms with E-state index in [-0.39, 0.29) is 18.3 Å². The molecule has 1 aromatic rings. The van der Waals surface area contributed by atoms with Crippen molar-refractivity contribution in [2.24, 2.45) is 11.7 Å². The first-order valence-corrected chi connectivity index (χ1v) is 7.23. The van der Waals surface area contributed by atoms with Gasteiger partial charge in [0.25, 0.3) is 0 Å². The van der Waals surface area contributed by atoms with Crippen LogP contribution in [0.4, 0.5) is 5.13 Å². The zero-order chi connectivity index (χ0) is 13.5. The molecule has 1 aromatic heterocycles. The molecule has 0 saturated heterocycles. The lowest BCUT2D eigenvalue weighted by atomic mass is 10.0. The number of amides is 1. The number of hydrogen-bond acceptors (Lipinski definition) is 5. The summed E-state index contributed by atoms with van der Waals surface area (Å²) in [6.07, 6.45) is 3.81. The third kappa shape index (κ3) is 6.84. The highest BCUT2D eigenvalue weighted by atomic mass is 35.5. The summed E-state index contributed by atoms with van der Waals surface area (Å²) in [5.41, 5.74) is 5.80. The highest BCUT2D eigenvalue weighted by Crippen LogP contribution is 2.17. The standard InChI is InChI=1S/C12H22N4OS.ClH/c1-4-5-6-10-15-16-12(18-10)14-11(17)9(13)7-8(2)3;/h8-9H,4-7,13H2,1-3H3,(H,14,16,17);1H/t9-;/m0./s1. The first-order chi connectivity index (χ1) is 8.52. The molecule has 19 heavy (non-hydrogen) atoms. The minimum absolute atomic E-state index is 0. The van der Waals surface area contributed by atoms with Crippen LogP contribution in [0.5, 0.6) is 0 Å². The van der Waals surface area contributed by atoms with Crippen molar-refractivity contribution in [3.05, 3.63) is 5.01 Å². The molecule has 0 aliphatic carbocycles. The lowest BCUT2D eigenvalue weighted by molar-refractivity contribution is -0.117. The molecule has 3 N–H and O–H groups in total. The van der Waals surface area contributed by atoms with Gasteiger partial charge in [-0.1, -0.05) is 38.5 Å². The molecule has 1 rings (SSSR count). The Bertz CT molecular complexity index is 384. The fourth-order valence-corrected chi connectivity index (χ4v) is 2.33. The number of carbonyl (C=O) groups excluding carboxylic acids is 1. The Morgan fingerprint density at radius 3 is 2.68 bits per heavy atom. The highest BCUT2D eigenvalue weighted by molar-refractivity contribution is 7.15. The maximum absolute atomic E-state index is 11.8. The number of nitrogens with one attached hydrogen (secondary N) is 1. The third-order valence-corrected chi connectivity index (χ3v) is 3.40. The van der Waals surface area contributed by atoms with Crippen LogP contribution in [0.25, 0.3) is 0 Å². The Labute approximate surface area is 124 Å². The minimum atomic E-state index is -0.479. The van der Waals surface area contributed by atoms with Crippen LogP contribution in [-0.2, 0) is 11.2 Å². The number of rotatable bonds is 7. The molecule has 0 aliphatic heterocycles. The number of nitrogens with two attached hydrogens (primary N) is 1. The maximum Gasteiger partial charge on any atom is 0.243 e. The van der Waals surface area contributed by atoms with E-state index in [0.717, 1.165) is 24.3 Å². The molecule has 7 heteroatoms. The van der Waals surface area contributed by atoms with Crippen molar-refractivity contribution in [1.29, 1.82) is 0 Å². The van der Waals surface area contributed by atoms with Crippen LogP contribution in [-0.4, -0.2) is 22.1 Å². The Balaban J connectivity index is 0.00000324. The predicted octanol–water partition coefficient (Wildman–Crippen LogP) is 2.61. The van der Waals surface area contributed by atoms with E-state index in [1.54, 1.807) is 0 Å². The topological polar surface area (TPSA) is 80.9 Å². The van der Waals surface area contributed by atoms with Gasteiger partial charge in [-0.3, -0.25) is 10.1 Å². The molecule has 0 saturated carbocycles. The number of carbonyl (C=O) groups is 1. The molecule has 0 fully saturated rings. The van der Waals surface area contributed by atoms with E-state index in [0.29, 0.717) is 17.5 Å². The van der Waals surface area contributed by atoms with E-state index in [1.807, 2.05) is 13.8 Å². The van der Waals surface area contributed by atoms with Crippen molar-refractivity contribution in [3.8, 4) is 0 Å². The van der Waals surface area contributed by atoms with Gasteiger partial charge in [-0.25, -0.2) is 0 Å². The molecular formula is C12H23ClN4OS. The van der Waals surface area contributed by atoms with Crippen LogP contribution in [0.15, 0.2) is 0 Å². The van der Waals surface area contributed by atoms with Gasteiger partial charge in [-0.05, 0) is 18.8 Å². The van der Waals surface area contributed by atoms with E-state index < -0.39 is 6.04 Å². The molecule has 0 bridgehead atoms. The molecule has 1 atom stereocenters. The second kappa shape index (κ2) is 9.23. The number of anilines is 1. The summed E-state index contributed by atoms with van der Waals surface area (Å²) in [5.74, 6) is 0.224. The van der Waals surface area contributed by atoms with Crippen LogP contribution in [0.2, 0.25) is 0 Å². The SMILES string of the molecule is CCCCc1nnc(NC(=O)[C@@H](N)CC(C)C)s1.Cl. The van der Waals surface area contributed by atoms with Gasteiger partial charge >= 0.3 is 0 Å². The van der Waals surface area contributed by atoms with Gasteiger partial charge < -0.3 is 5.73 Å². The largest absolute Gasteiger partial charge is 0.320 e. The van der Waals surface area contributed by atoms with Gasteiger partial charge in [0.15, 0.2) is 0 Å². The quantitative estimate of drug-likeness (QED) is 0.811. The average Bonchev–Trinajstić information content (AvgIpc) is 2.73. The van der Waals surface area contributed by atoms with Crippen molar-refractivity contribution in [2.75, 3.05) is 5.32 Å². The first kappa shape index (κ1) is 18.3. The molecular weight excluding hydrogens is 284 g/mol. The zero-order valence-electron chi connectivity index (χ0n) is 11.7. The monoisotopic (exact) mass is 306 g/mol. The van der Waals surface area contributed by atoms with E-state index >= 15 is 0 Å². The van der Waals surface area contributed by atoms with Gasteiger partial charge in [0.1, 0.15) is 5.01 Å². The van der Waals surface area contributed by atoms with Crippen molar-refractivity contribution in [2.45, 2.75) is 52.5 Å². The average molecular weight is 307 g/mol. The zero-order valence-corrected chi connectivity index (χ0v) is 13.3. The fraction of sp³-hybridized carbons (Fsp3) is 0.750. The van der Waals surface area contributed by atoms with Crippen LogP contribution < -0.4 is 11.1 Å². The molecule has 0 radical (unpaired) electrons. The highest BCUT2D eigenvalue weighted by Gasteiger charge is 2.16. The van der Waals surface area contributed by atoms with Gasteiger partial charge in [-0.2, -0.15) is 0 Å². The van der Waals surface area contributed by atoms with Crippen LogP contribution in [0.1, 0.15) is 45.0 Å². The summed E-state index contributed by atoms with van der Waals surface area (Å²) >= 11 is 1.43. The normalized spacial score (nSPS) is 12.1. The summed E-state index contributed by atoms with van der Waals surface area (Å²) in [6, 6.07) is -0.479. The minimum Gasteiger partial charge on any atom is -0.320 e. The number of halogens is 1. The second-order valence-corrected chi connectivity index (χ2v) is 5.89. The Morgan fingerprint density at radius 2 is 2.11 bits per heavy atom. The van der Waals surface area contributed by atoms with E-state index in [2.05, 4.69) is 22.4 Å². The molecule has 0 aliphatic rings. The summed E-state index contributed by atoms with van der Waals surface area (Å²) < 4.78 is 0. The summed E-state index contributed by atoms with van der Waals surface area (Å²) in [6.45, 7) is 6.22. The smallest absolute Gasteiger partial charge is 0.243 e. The van der Waals surface area contributed by atoms with Crippen molar-refractivity contribution in [1.82, 2.24) is 10.2 Å². The second-order valence-electron chi connectivity index (χ2n) is 4.83. The third-order valence-electron chi connectivity index (χ3n) is 2.50.